The summed E-state index contributed by atoms with van der Waals surface area (Å²) in [5, 5.41) is 6.22. The van der Waals surface area contributed by atoms with Gasteiger partial charge < -0.3 is 10.6 Å². The van der Waals surface area contributed by atoms with Crippen LogP contribution in [-0.2, 0) is 6.54 Å². The van der Waals surface area contributed by atoms with Crippen LogP contribution >= 0.6 is 0 Å². The van der Waals surface area contributed by atoms with E-state index in [0.717, 1.165) is 24.1 Å². The van der Waals surface area contributed by atoms with Crippen LogP contribution in [0.5, 0.6) is 0 Å². The molecule has 2 N–H and O–H groups in total. The van der Waals surface area contributed by atoms with Gasteiger partial charge in [0.15, 0.2) is 5.82 Å². The number of anilines is 1. The molecule has 0 bridgehead atoms. The van der Waals surface area contributed by atoms with Crippen molar-refractivity contribution in [3.05, 3.63) is 72.2 Å². The Balaban J connectivity index is 1.62. The highest BCUT2D eigenvalue weighted by molar-refractivity contribution is 5.93. The normalized spacial score (nSPS) is 13.2. The summed E-state index contributed by atoms with van der Waals surface area (Å²) in [5.41, 5.74) is 2.14. The third-order valence-corrected chi connectivity index (χ3v) is 4.08. The van der Waals surface area contributed by atoms with Crippen LogP contribution in [0, 0.1) is 0 Å². The Hall–Kier alpha value is -3.28. The Morgan fingerprint density at radius 1 is 1.04 bits per heavy atom. The Labute approximate surface area is 151 Å². The second kappa shape index (κ2) is 7.31. The van der Waals surface area contributed by atoms with Crippen molar-refractivity contribution in [1.29, 1.82) is 0 Å². The van der Waals surface area contributed by atoms with E-state index in [9.17, 15) is 4.79 Å². The molecule has 0 unspecified atom stereocenters. The summed E-state index contributed by atoms with van der Waals surface area (Å²) in [6.07, 6.45) is 3.82. The number of pyridine rings is 1. The number of benzene rings is 1. The first-order chi connectivity index (χ1) is 12.8. The molecule has 1 aromatic carbocycles. The predicted octanol–water partition coefficient (Wildman–Crippen LogP) is 3.04. The van der Waals surface area contributed by atoms with Crippen LogP contribution in [0.2, 0.25) is 0 Å². The van der Waals surface area contributed by atoms with E-state index in [-0.39, 0.29) is 11.9 Å². The Kier molecular flexibility index (Phi) is 4.55. The lowest BCUT2D eigenvalue weighted by Gasteiger charge is -2.10. The Morgan fingerprint density at radius 2 is 1.85 bits per heavy atom. The standard InChI is InChI=1S/C20H19N5O/c26-20(23-15-9-10-15)17-12-18(22-13-16-8-4-5-11-21-16)25-19(24-17)14-6-2-1-3-7-14/h1-8,11-12,15H,9-10,13H2,(H,23,26)(H,22,24,25). The van der Waals surface area contributed by atoms with Gasteiger partial charge in [0.05, 0.1) is 12.2 Å². The summed E-state index contributed by atoms with van der Waals surface area (Å²) in [6.45, 7) is 0.524. The third kappa shape index (κ3) is 4.03. The summed E-state index contributed by atoms with van der Waals surface area (Å²) in [4.78, 5) is 25.8. The molecule has 2 heterocycles. The average Bonchev–Trinajstić information content (AvgIpc) is 3.51. The summed E-state index contributed by atoms with van der Waals surface area (Å²) in [6, 6.07) is 17.4. The van der Waals surface area contributed by atoms with E-state index in [0.29, 0.717) is 23.9 Å². The first-order valence-corrected chi connectivity index (χ1v) is 8.67. The molecule has 130 valence electrons. The van der Waals surface area contributed by atoms with Gasteiger partial charge in [-0.3, -0.25) is 9.78 Å². The fourth-order valence-corrected chi connectivity index (χ4v) is 2.54. The zero-order valence-electron chi connectivity index (χ0n) is 14.2. The average molecular weight is 345 g/mol. The van der Waals surface area contributed by atoms with Gasteiger partial charge in [-0.15, -0.1) is 0 Å². The quantitative estimate of drug-likeness (QED) is 0.718. The smallest absolute Gasteiger partial charge is 0.270 e. The molecular formula is C20H19N5O. The van der Waals surface area contributed by atoms with Crippen LogP contribution in [0.25, 0.3) is 11.4 Å². The third-order valence-electron chi connectivity index (χ3n) is 4.08. The maximum absolute atomic E-state index is 12.5. The molecule has 1 fully saturated rings. The number of nitrogens with one attached hydrogen (secondary N) is 2. The van der Waals surface area contributed by atoms with E-state index in [1.54, 1.807) is 12.3 Å². The van der Waals surface area contributed by atoms with Crippen molar-refractivity contribution in [3.63, 3.8) is 0 Å². The van der Waals surface area contributed by atoms with Gasteiger partial charge in [-0.2, -0.15) is 0 Å². The van der Waals surface area contributed by atoms with Gasteiger partial charge in [-0.25, -0.2) is 9.97 Å². The number of aromatic nitrogens is 3. The van der Waals surface area contributed by atoms with Gasteiger partial charge in [0, 0.05) is 23.9 Å². The number of carbonyl (C=O) groups is 1. The molecule has 26 heavy (non-hydrogen) atoms. The molecule has 1 aliphatic carbocycles. The largest absolute Gasteiger partial charge is 0.364 e. The molecule has 1 amide bonds. The first-order valence-electron chi connectivity index (χ1n) is 8.67. The van der Waals surface area contributed by atoms with Gasteiger partial charge in [0.2, 0.25) is 0 Å². The topological polar surface area (TPSA) is 79.8 Å². The first kappa shape index (κ1) is 16.2. The molecule has 6 nitrogen and oxygen atoms in total. The highest BCUT2D eigenvalue weighted by Gasteiger charge is 2.25. The zero-order chi connectivity index (χ0) is 17.8. The fraction of sp³-hybridized carbons (Fsp3) is 0.200. The Morgan fingerprint density at radius 3 is 2.58 bits per heavy atom. The Bertz CT molecular complexity index is 895. The van der Waals surface area contributed by atoms with E-state index < -0.39 is 0 Å². The van der Waals surface area contributed by atoms with E-state index in [2.05, 4.69) is 25.6 Å². The van der Waals surface area contributed by atoms with Crippen LogP contribution in [0.15, 0.2) is 60.8 Å². The number of nitrogens with zero attached hydrogens (tertiary/aromatic N) is 3. The molecule has 0 aliphatic heterocycles. The van der Waals surface area contributed by atoms with Crippen molar-refractivity contribution in [2.75, 3.05) is 5.32 Å². The molecule has 2 aromatic heterocycles. The number of rotatable bonds is 6. The summed E-state index contributed by atoms with van der Waals surface area (Å²) in [5.74, 6) is 0.969. The van der Waals surface area contributed by atoms with Gasteiger partial charge in [0.25, 0.3) is 5.91 Å². The maximum atomic E-state index is 12.5. The molecule has 0 atom stereocenters. The van der Waals surface area contributed by atoms with E-state index >= 15 is 0 Å². The van der Waals surface area contributed by atoms with Gasteiger partial charge in [-0.1, -0.05) is 36.4 Å². The lowest BCUT2D eigenvalue weighted by Crippen LogP contribution is -2.26. The van der Waals surface area contributed by atoms with Crippen LogP contribution in [0.3, 0.4) is 0 Å². The SMILES string of the molecule is O=C(NC1CC1)c1cc(NCc2ccccn2)nc(-c2ccccc2)n1. The van der Waals surface area contributed by atoms with E-state index in [1.807, 2.05) is 48.5 Å². The number of amides is 1. The minimum absolute atomic E-state index is 0.159. The van der Waals surface area contributed by atoms with Gasteiger partial charge in [-0.05, 0) is 25.0 Å². The highest BCUT2D eigenvalue weighted by Crippen LogP contribution is 2.21. The van der Waals surface area contributed by atoms with E-state index in [4.69, 9.17) is 0 Å². The van der Waals surface area contributed by atoms with Crippen LogP contribution in [0.4, 0.5) is 5.82 Å². The number of carbonyl (C=O) groups excluding carboxylic acids is 1. The minimum Gasteiger partial charge on any atom is -0.364 e. The molecule has 0 spiro atoms. The van der Waals surface area contributed by atoms with Crippen molar-refractivity contribution in [2.24, 2.45) is 0 Å². The van der Waals surface area contributed by atoms with Gasteiger partial charge >= 0.3 is 0 Å². The van der Waals surface area contributed by atoms with Crippen molar-refractivity contribution in [1.82, 2.24) is 20.3 Å². The molecule has 1 saturated carbocycles. The minimum atomic E-state index is -0.159. The second-order valence-electron chi connectivity index (χ2n) is 6.25. The molecule has 4 rings (SSSR count). The molecule has 0 radical (unpaired) electrons. The molecule has 1 aliphatic rings. The maximum Gasteiger partial charge on any atom is 0.270 e. The summed E-state index contributed by atoms with van der Waals surface area (Å²) < 4.78 is 0. The van der Waals surface area contributed by atoms with Crippen LogP contribution in [-0.4, -0.2) is 26.9 Å². The number of hydrogen-bond donors (Lipinski definition) is 2. The highest BCUT2D eigenvalue weighted by atomic mass is 16.2. The fourth-order valence-electron chi connectivity index (χ4n) is 2.54. The van der Waals surface area contributed by atoms with E-state index in [1.165, 1.54) is 0 Å². The van der Waals surface area contributed by atoms with Crippen molar-refractivity contribution >= 4 is 11.7 Å². The summed E-state index contributed by atoms with van der Waals surface area (Å²) in [7, 11) is 0. The number of hydrogen-bond acceptors (Lipinski definition) is 5. The molecular weight excluding hydrogens is 326 g/mol. The van der Waals surface area contributed by atoms with Crippen molar-refractivity contribution in [3.8, 4) is 11.4 Å². The monoisotopic (exact) mass is 345 g/mol. The summed E-state index contributed by atoms with van der Waals surface area (Å²) >= 11 is 0. The molecule has 0 saturated heterocycles. The van der Waals surface area contributed by atoms with Crippen molar-refractivity contribution in [2.45, 2.75) is 25.4 Å². The zero-order valence-corrected chi connectivity index (χ0v) is 14.2. The molecule has 6 heteroatoms. The second-order valence-corrected chi connectivity index (χ2v) is 6.25. The van der Waals surface area contributed by atoms with Crippen LogP contribution in [0.1, 0.15) is 29.0 Å². The van der Waals surface area contributed by atoms with Crippen LogP contribution < -0.4 is 10.6 Å². The van der Waals surface area contributed by atoms with Gasteiger partial charge in [0.1, 0.15) is 11.5 Å². The predicted molar refractivity (Wildman–Crippen MR) is 99.5 cm³/mol. The van der Waals surface area contributed by atoms with Crippen molar-refractivity contribution < 1.29 is 4.79 Å². The molecule has 3 aromatic rings. The lowest BCUT2D eigenvalue weighted by molar-refractivity contribution is 0.0946. The lowest BCUT2D eigenvalue weighted by atomic mass is 10.2.